The number of aromatic nitrogens is 5. The van der Waals surface area contributed by atoms with E-state index in [9.17, 15) is 0 Å². The molecule has 11 rings (SSSR count). The first-order valence-corrected chi connectivity index (χ1v) is 19.1. The zero-order chi connectivity index (χ0) is 34.9. The van der Waals surface area contributed by atoms with Gasteiger partial charge in [-0.05, 0) is 60.7 Å². The van der Waals surface area contributed by atoms with E-state index in [1.807, 2.05) is 30.3 Å². The first-order chi connectivity index (χ1) is 26.3. The smallest absolute Gasteiger partial charge is 0.164 e. The van der Waals surface area contributed by atoms with E-state index in [1.54, 1.807) is 22.7 Å². The molecule has 0 aliphatic carbocycles. The first kappa shape index (κ1) is 30.1. The van der Waals surface area contributed by atoms with Crippen molar-refractivity contribution in [2.75, 3.05) is 0 Å². The lowest BCUT2D eigenvalue weighted by Crippen LogP contribution is -2.00. The Kier molecular flexibility index (Phi) is 6.83. The van der Waals surface area contributed by atoms with Gasteiger partial charge >= 0.3 is 0 Å². The third kappa shape index (κ3) is 4.89. The Balaban J connectivity index is 1.16. The molecule has 53 heavy (non-hydrogen) atoms. The summed E-state index contributed by atoms with van der Waals surface area (Å²) in [6, 6.07) is 57.2. The molecule has 5 nitrogen and oxygen atoms in total. The molecule has 4 heterocycles. The van der Waals surface area contributed by atoms with E-state index in [4.69, 9.17) is 19.9 Å². The number of benzene rings is 7. The standard InChI is InChI=1S/C46H27N5S2/c1-3-13-28(14-4-1)43-48-44(32-18-11-23-39-41(32)31-17-7-10-22-37(31)52-39)50-45(49-43)33-19-12-24-40-42(33)34-27-29(25-26-38(34)53-40)46-47-35-20-8-9-21-36(35)51(46)30-15-5-2-6-16-30/h1-27H. The van der Waals surface area contributed by atoms with Gasteiger partial charge in [-0.25, -0.2) is 19.9 Å². The lowest BCUT2D eigenvalue weighted by Gasteiger charge is -2.11. The van der Waals surface area contributed by atoms with Crippen molar-refractivity contribution in [3.63, 3.8) is 0 Å². The fraction of sp³-hybridized carbons (Fsp3) is 0. The summed E-state index contributed by atoms with van der Waals surface area (Å²) in [5.74, 6) is 2.87. The van der Waals surface area contributed by atoms with Crippen LogP contribution in [0.15, 0.2) is 164 Å². The number of hydrogen-bond donors (Lipinski definition) is 0. The zero-order valence-electron chi connectivity index (χ0n) is 28.1. The first-order valence-electron chi connectivity index (χ1n) is 17.5. The van der Waals surface area contributed by atoms with Crippen LogP contribution in [0.25, 0.3) is 103 Å². The minimum absolute atomic E-state index is 0.649. The predicted octanol–water partition coefficient (Wildman–Crippen LogP) is 12.6. The van der Waals surface area contributed by atoms with Gasteiger partial charge in [0.1, 0.15) is 5.82 Å². The number of rotatable bonds is 5. The molecule has 7 aromatic carbocycles. The van der Waals surface area contributed by atoms with E-state index in [-0.39, 0.29) is 0 Å². The summed E-state index contributed by atoms with van der Waals surface area (Å²) in [7, 11) is 0. The maximum Gasteiger partial charge on any atom is 0.164 e. The molecule has 4 aromatic heterocycles. The third-order valence-corrected chi connectivity index (χ3v) is 12.2. The maximum absolute atomic E-state index is 5.31. The Morgan fingerprint density at radius 3 is 1.74 bits per heavy atom. The fourth-order valence-corrected chi connectivity index (χ4v) is 9.75. The second-order valence-electron chi connectivity index (χ2n) is 13.0. The van der Waals surface area contributed by atoms with Crippen molar-refractivity contribution in [3.05, 3.63) is 164 Å². The minimum Gasteiger partial charge on any atom is -0.292 e. The zero-order valence-corrected chi connectivity index (χ0v) is 29.8. The van der Waals surface area contributed by atoms with E-state index in [0.717, 1.165) is 55.6 Å². The lowest BCUT2D eigenvalue weighted by molar-refractivity contribution is 1.08. The monoisotopic (exact) mass is 713 g/mol. The summed E-state index contributed by atoms with van der Waals surface area (Å²) in [6.07, 6.45) is 0. The molecule has 0 spiro atoms. The number of fused-ring (bicyclic) bond motifs is 7. The van der Waals surface area contributed by atoms with Gasteiger partial charge in [-0.1, -0.05) is 103 Å². The van der Waals surface area contributed by atoms with Gasteiger partial charge in [-0.15, -0.1) is 22.7 Å². The highest BCUT2D eigenvalue weighted by atomic mass is 32.1. The maximum atomic E-state index is 5.31. The van der Waals surface area contributed by atoms with Crippen molar-refractivity contribution in [2.45, 2.75) is 0 Å². The third-order valence-electron chi connectivity index (χ3n) is 9.88. The summed E-state index contributed by atoms with van der Waals surface area (Å²) in [6.45, 7) is 0. The van der Waals surface area contributed by atoms with E-state index in [0.29, 0.717) is 17.5 Å². The number of para-hydroxylation sites is 3. The van der Waals surface area contributed by atoms with Crippen molar-refractivity contribution in [1.29, 1.82) is 0 Å². The van der Waals surface area contributed by atoms with Crippen LogP contribution in [0.2, 0.25) is 0 Å². The van der Waals surface area contributed by atoms with Gasteiger partial charge in [-0.3, -0.25) is 4.57 Å². The number of thiophene rings is 2. The van der Waals surface area contributed by atoms with Gasteiger partial charge in [0.05, 0.1) is 11.0 Å². The molecule has 0 N–H and O–H groups in total. The van der Waals surface area contributed by atoms with E-state index >= 15 is 0 Å². The van der Waals surface area contributed by atoms with Crippen LogP contribution in [0, 0.1) is 0 Å². The van der Waals surface area contributed by atoms with Crippen LogP contribution >= 0.6 is 22.7 Å². The highest BCUT2D eigenvalue weighted by Gasteiger charge is 2.21. The predicted molar refractivity (Wildman–Crippen MR) is 222 cm³/mol. The van der Waals surface area contributed by atoms with E-state index in [1.165, 1.54) is 29.6 Å². The molecule has 248 valence electrons. The second-order valence-corrected chi connectivity index (χ2v) is 15.2. The van der Waals surface area contributed by atoms with Gasteiger partial charge in [0.15, 0.2) is 17.5 Å². The van der Waals surface area contributed by atoms with Crippen molar-refractivity contribution in [2.24, 2.45) is 0 Å². The number of hydrogen-bond acceptors (Lipinski definition) is 6. The molecule has 0 radical (unpaired) electrons. The molecule has 0 aliphatic heterocycles. The van der Waals surface area contributed by atoms with Crippen LogP contribution in [-0.2, 0) is 0 Å². The number of imidazole rings is 1. The van der Waals surface area contributed by atoms with Crippen LogP contribution in [0.5, 0.6) is 0 Å². The quantitative estimate of drug-likeness (QED) is 0.178. The van der Waals surface area contributed by atoms with Gasteiger partial charge in [0.2, 0.25) is 0 Å². The van der Waals surface area contributed by atoms with Gasteiger partial charge in [0.25, 0.3) is 0 Å². The van der Waals surface area contributed by atoms with Crippen LogP contribution in [0.4, 0.5) is 0 Å². The topological polar surface area (TPSA) is 56.5 Å². The molecule has 11 aromatic rings. The molecular formula is C46H27N5S2. The van der Waals surface area contributed by atoms with Crippen LogP contribution in [0.1, 0.15) is 0 Å². The molecule has 0 unspecified atom stereocenters. The van der Waals surface area contributed by atoms with Crippen LogP contribution < -0.4 is 0 Å². The molecule has 0 saturated carbocycles. The molecule has 0 fully saturated rings. The van der Waals surface area contributed by atoms with Gasteiger partial charge in [0, 0.05) is 68.3 Å². The van der Waals surface area contributed by atoms with Gasteiger partial charge in [-0.2, -0.15) is 0 Å². The average Bonchev–Trinajstić information content (AvgIpc) is 3.92. The van der Waals surface area contributed by atoms with Crippen LogP contribution in [0.3, 0.4) is 0 Å². The molecular weight excluding hydrogens is 687 g/mol. The molecule has 0 atom stereocenters. The second kappa shape index (κ2) is 12.0. The molecule has 0 amide bonds. The van der Waals surface area contributed by atoms with E-state index in [2.05, 4.69) is 138 Å². The summed E-state index contributed by atoms with van der Waals surface area (Å²) < 4.78 is 7.10. The van der Waals surface area contributed by atoms with Crippen molar-refractivity contribution in [1.82, 2.24) is 24.5 Å². The SMILES string of the molecule is c1ccc(-c2nc(-c3cccc4sc5ccccc5c34)nc(-c3cccc4sc5ccc(-c6nc7ccccc7n6-c6ccccc6)cc5c34)n2)cc1. The Hall–Kier alpha value is -6.54. The summed E-state index contributed by atoms with van der Waals surface area (Å²) in [4.78, 5) is 20.8. The largest absolute Gasteiger partial charge is 0.292 e. The molecule has 0 bridgehead atoms. The normalized spacial score (nSPS) is 11.8. The highest BCUT2D eigenvalue weighted by molar-refractivity contribution is 7.26. The van der Waals surface area contributed by atoms with Gasteiger partial charge < -0.3 is 0 Å². The van der Waals surface area contributed by atoms with E-state index < -0.39 is 0 Å². The Labute approximate surface area is 312 Å². The summed E-state index contributed by atoms with van der Waals surface area (Å²) >= 11 is 3.59. The van der Waals surface area contributed by atoms with Crippen LogP contribution in [-0.4, -0.2) is 24.5 Å². The van der Waals surface area contributed by atoms with Crippen molar-refractivity contribution in [3.8, 4) is 51.2 Å². The summed E-state index contributed by atoms with van der Waals surface area (Å²) in [5.41, 5.74) is 7.09. The molecule has 0 aliphatic rings. The Bertz CT molecular complexity index is 3180. The molecule has 0 saturated heterocycles. The average molecular weight is 714 g/mol. The fourth-order valence-electron chi connectivity index (χ4n) is 7.50. The van der Waals surface area contributed by atoms with Crippen molar-refractivity contribution >= 4 is 74.1 Å². The van der Waals surface area contributed by atoms with Crippen molar-refractivity contribution < 1.29 is 0 Å². The Morgan fingerprint density at radius 2 is 0.981 bits per heavy atom. The summed E-state index contributed by atoms with van der Waals surface area (Å²) in [5, 5.41) is 4.67. The molecule has 7 heteroatoms. The minimum atomic E-state index is 0.649. The number of nitrogens with zero attached hydrogens (tertiary/aromatic N) is 5. The lowest BCUT2D eigenvalue weighted by atomic mass is 10.0. The highest BCUT2D eigenvalue weighted by Crippen LogP contribution is 2.43. The Morgan fingerprint density at radius 1 is 0.396 bits per heavy atom.